The quantitative estimate of drug-likeness (QED) is 0.443. The first kappa shape index (κ1) is 1.63. The zero-order valence-corrected chi connectivity index (χ0v) is 3.49. The van der Waals surface area contributed by atoms with Crippen LogP contribution in [0.4, 0.5) is 0 Å². The van der Waals surface area contributed by atoms with E-state index >= 15 is 0 Å². The molecule has 0 saturated heterocycles. The van der Waals surface area contributed by atoms with Crippen molar-refractivity contribution in [1.82, 2.24) is 0 Å². The summed E-state index contributed by atoms with van der Waals surface area (Å²) in [5.41, 5.74) is 0. The van der Waals surface area contributed by atoms with Crippen LogP contribution in [0.1, 0.15) is 28.9 Å². The van der Waals surface area contributed by atoms with Crippen LogP contribution in [-0.4, -0.2) is 0 Å². The summed E-state index contributed by atoms with van der Waals surface area (Å²) in [5, 5.41) is 0. The average molecular weight is 72.1 g/mol. The predicted octanol–water partition coefficient (Wildman–Crippen LogP) is 1.81. The highest BCUT2D eigenvalue weighted by molar-refractivity contribution is 4.69. The van der Waals surface area contributed by atoms with Crippen molar-refractivity contribution >= 4 is 0 Å². The molecule has 0 aromatic rings. The fourth-order valence-corrected chi connectivity index (χ4v) is 0.372. The van der Waals surface area contributed by atoms with Crippen molar-refractivity contribution < 1.29 is 2.74 Å². The highest BCUT2D eigenvalue weighted by Crippen LogP contribution is 2.31. The highest BCUT2D eigenvalue weighted by atomic mass is 14.2. The minimum absolute atomic E-state index is 0.382. The second-order valence-corrected chi connectivity index (χ2v) is 1.51. The summed E-state index contributed by atoms with van der Waals surface area (Å²) in [6, 6.07) is 0. The van der Waals surface area contributed by atoms with Gasteiger partial charge >= 0.3 is 0 Å². The van der Waals surface area contributed by atoms with E-state index in [2.05, 4.69) is 0 Å². The van der Waals surface area contributed by atoms with Crippen LogP contribution in [0.2, 0.25) is 0 Å². The van der Waals surface area contributed by atoms with Crippen LogP contribution in [0.25, 0.3) is 0 Å². The molecule has 0 heterocycles. The first-order valence-electron chi connectivity index (χ1n) is 3.17. The molecule has 5 heavy (non-hydrogen) atoms. The number of rotatable bonds is 1. The molecule has 0 aliphatic heterocycles. The Hall–Kier alpha value is 0. The van der Waals surface area contributed by atoms with Crippen LogP contribution in [-0.2, 0) is 0 Å². The third-order valence-electron chi connectivity index (χ3n) is 0.986. The van der Waals surface area contributed by atoms with Gasteiger partial charge in [0.25, 0.3) is 0 Å². The molecule has 1 aliphatic rings. The molecule has 1 saturated carbocycles. The maximum Gasteiger partial charge on any atom is 0.0269 e. The Bertz CT molecular complexity index is 78.1. The molecule has 0 heteroatoms. The van der Waals surface area contributed by atoms with E-state index in [1.165, 1.54) is 0 Å². The topological polar surface area (TPSA) is 0 Å². The lowest BCUT2D eigenvalue weighted by Gasteiger charge is -1.72. The molecule has 1 fully saturated rings. The van der Waals surface area contributed by atoms with Gasteiger partial charge in [0, 0.05) is 2.74 Å². The largest absolute Gasteiger partial charge is 0.0651 e. The first-order chi connectivity index (χ1) is 3.17. The van der Waals surface area contributed by atoms with Gasteiger partial charge in [0.2, 0.25) is 0 Å². The zero-order valence-electron chi connectivity index (χ0n) is 5.49. The van der Waals surface area contributed by atoms with Gasteiger partial charge in [-0.25, -0.2) is 0 Å². The van der Waals surface area contributed by atoms with Crippen molar-refractivity contribution in [2.24, 2.45) is 5.92 Å². The fraction of sp³-hybridized carbons (Fsp3) is 1.00. The Labute approximate surface area is 36.0 Å². The van der Waals surface area contributed by atoms with E-state index in [1.807, 2.05) is 6.92 Å². The van der Waals surface area contributed by atoms with Crippen LogP contribution in [0.3, 0.4) is 0 Å². The minimum atomic E-state index is -0.783. The van der Waals surface area contributed by atoms with Crippen molar-refractivity contribution in [2.75, 3.05) is 0 Å². The predicted molar refractivity (Wildman–Crippen MR) is 23.0 cm³/mol. The third kappa shape index (κ3) is 0.640. The van der Waals surface area contributed by atoms with Crippen molar-refractivity contribution in [3.63, 3.8) is 0 Å². The molecule has 0 aromatic carbocycles. The van der Waals surface area contributed by atoms with Gasteiger partial charge in [-0.15, -0.1) is 0 Å². The average Bonchev–Trinajstić information content (AvgIpc) is 2.13. The minimum Gasteiger partial charge on any atom is -0.0651 e. The van der Waals surface area contributed by atoms with Crippen molar-refractivity contribution in [3.05, 3.63) is 0 Å². The summed E-state index contributed by atoms with van der Waals surface area (Å²) < 4.78 is 14.1. The Kier molecular flexibility index (Phi) is 0.327. The number of hydrogen-bond acceptors (Lipinski definition) is 0. The standard InChI is InChI=1S/C5H10/c1-2-5-3-4-5/h5H,2-4H2,1H3/i3D2. The van der Waals surface area contributed by atoms with Gasteiger partial charge < -0.3 is 0 Å². The molecule has 1 atom stereocenters. The van der Waals surface area contributed by atoms with Gasteiger partial charge in [0.15, 0.2) is 0 Å². The lowest BCUT2D eigenvalue weighted by molar-refractivity contribution is 0.799. The molecule has 1 rings (SSSR count). The molecular formula is C5H10. The third-order valence-corrected chi connectivity index (χ3v) is 0.986. The zero-order chi connectivity index (χ0) is 5.49. The molecule has 0 amide bonds. The van der Waals surface area contributed by atoms with E-state index < -0.39 is 6.37 Å². The summed E-state index contributed by atoms with van der Waals surface area (Å²) in [5.74, 6) is 0.382. The lowest BCUT2D eigenvalue weighted by atomic mass is 10.3. The second kappa shape index (κ2) is 1.00. The van der Waals surface area contributed by atoms with Gasteiger partial charge in [-0.3, -0.25) is 0 Å². The van der Waals surface area contributed by atoms with Crippen LogP contribution in [0.5, 0.6) is 0 Å². The maximum atomic E-state index is 7.07. The lowest BCUT2D eigenvalue weighted by Crippen LogP contribution is -1.59. The highest BCUT2D eigenvalue weighted by Gasteiger charge is 2.17. The summed E-state index contributed by atoms with van der Waals surface area (Å²) in [4.78, 5) is 0. The Morgan fingerprint density at radius 2 is 2.80 bits per heavy atom. The summed E-state index contributed by atoms with van der Waals surface area (Å²) in [7, 11) is 0. The van der Waals surface area contributed by atoms with Crippen molar-refractivity contribution in [1.29, 1.82) is 0 Å². The molecule has 0 nitrogen and oxygen atoms in total. The molecule has 0 bridgehead atoms. The molecular weight excluding hydrogens is 60.1 g/mol. The molecule has 0 N–H and O–H groups in total. The molecule has 0 aromatic heterocycles. The Balaban J connectivity index is 2.30. The fourth-order valence-electron chi connectivity index (χ4n) is 0.372. The van der Waals surface area contributed by atoms with Crippen LogP contribution in [0, 0.1) is 5.92 Å². The number of hydrogen-bond donors (Lipinski definition) is 0. The first-order valence-corrected chi connectivity index (χ1v) is 2.17. The van der Waals surface area contributed by atoms with Gasteiger partial charge in [-0.2, -0.15) is 0 Å². The van der Waals surface area contributed by atoms with E-state index in [0.717, 1.165) is 12.8 Å². The second-order valence-electron chi connectivity index (χ2n) is 1.51. The Morgan fingerprint density at radius 3 is 2.80 bits per heavy atom. The maximum absolute atomic E-state index is 7.07. The smallest absolute Gasteiger partial charge is 0.0269 e. The van der Waals surface area contributed by atoms with Crippen LogP contribution in [0.15, 0.2) is 0 Å². The summed E-state index contributed by atoms with van der Waals surface area (Å²) in [6.45, 7) is 2.04. The van der Waals surface area contributed by atoms with E-state index in [0.29, 0.717) is 5.92 Å². The van der Waals surface area contributed by atoms with Crippen LogP contribution >= 0.6 is 0 Å². The molecule has 0 radical (unpaired) electrons. The summed E-state index contributed by atoms with van der Waals surface area (Å²) >= 11 is 0. The summed E-state index contributed by atoms with van der Waals surface area (Å²) in [6.07, 6.45) is 1.02. The Morgan fingerprint density at radius 1 is 2.20 bits per heavy atom. The van der Waals surface area contributed by atoms with E-state index in [-0.39, 0.29) is 0 Å². The van der Waals surface area contributed by atoms with Crippen molar-refractivity contribution in [2.45, 2.75) is 26.1 Å². The van der Waals surface area contributed by atoms with E-state index in [4.69, 9.17) is 2.74 Å². The van der Waals surface area contributed by atoms with E-state index in [9.17, 15) is 0 Å². The van der Waals surface area contributed by atoms with Gasteiger partial charge in [0.05, 0.1) is 0 Å². The molecule has 1 unspecified atom stereocenters. The van der Waals surface area contributed by atoms with Gasteiger partial charge in [0.1, 0.15) is 0 Å². The van der Waals surface area contributed by atoms with Crippen LogP contribution < -0.4 is 0 Å². The monoisotopic (exact) mass is 72.1 g/mol. The molecule has 30 valence electrons. The normalized spacial score (nSPS) is 50.2. The van der Waals surface area contributed by atoms with Crippen molar-refractivity contribution in [3.8, 4) is 0 Å². The molecule has 1 aliphatic carbocycles. The van der Waals surface area contributed by atoms with Gasteiger partial charge in [-0.05, 0) is 5.92 Å². The van der Waals surface area contributed by atoms with Gasteiger partial charge in [-0.1, -0.05) is 26.1 Å². The SMILES string of the molecule is [2H]C1([2H])CC1CC. The molecule has 0 spiro atoms. The van der Waals surface area contributed by atoms with E-state index in [1.54, 1.807) is 0 Å².